The van der Waals surface area contributed by atoms with Crippen LogP contribution < -0.4 is 0 Å². The molecule has 0 radical (unpaired) electrons. The Balaban J connectivity index is 1.84. The number of hydrogen-bond donors (Lipinski definition) is 2. The number of aliphatic hydroxyl groups is 1. The smallest absolute Gasteiger partial charge is 0.141 e. The van der Waals surface area contributed by atoms with Gasteiger partial charge in [0.2, 0.25) is 0 Å². The predicted octanol–water partition coefficient (Wildman–Crippen LogP) is 3.08. The van der Waals surface area contributed by atoms with Gasteiger partial charge in [-0.1, -0.05) is 41.1 Å². The molecule has 0 aliphatic heterocycles. The van der Waals surface area contributed by atoms with Crippen molar-refractivity contribution in [1.82, 2.24) is 15.0 Å². The van der Waals surface area contributed by atoms with Crippen LogP contribution in [0.2, 0.25) is 5.02 Å². The van der Waals surface area contributed by atoms with E-state index < -0.39 is 5.60 Å². The molecule has 0 amide bonds. The molecule has 6 heteroatoms. The molecule has 0 aliphatic rings. The highest BCUT2D eigenvalue weighted by molar-refractivity contribution is 6.30. The van der Waals surface area contributed by atoms with Crippen LogP contribution in [0.3, 0.4) is 0 Å². The van der Waals surface area contributed by atoms with Crippen molar-refractivity contribution in [3.63, 3.8) is 0 Å². The molecular weight excluding hydrogens is 314 g/mol. The fraction of sp³-hybridized carbons (Fsp3) is 0.176. The molecule has 0 bridgehead atoms. The molecule has 3 aromatic rings. The van der Waals surface area contributed by atoms with Gasteiger partial charge in [0.1, 0.15) is 11.4 Å². The molecule has 0 saturated heterocycles. The van der Waals surface area contributed by atoms with Gasteiger partial charge in [-0.3, -0.25) is 0 Å². The molecule has 5 nitrogen and oxygen atoms in total. The molecule has 2 N–H and O–H groups in total. The SMILES string of the molecule is CC(O)(Cc1cn(-c2ccccc2O)nn1)c1ccc(Cl)cc1. The number of para-hydroxylation sites is 2. The zero-order valence-electron chi connectivity index (χ0n) is 12.5. The summed E-state index contributed by atoms with van der Waals surface area (Å²) >= 11 is 5.88. The number of aromatic hydroxyl groups is 1. The number of rotatable bonds is 4. The Morgan fingerprint density at radius 1 is 1.13 bits per heavy atom. The summed E-state index contributed by atoms with van der Waals surface area (Å²) in [5.41, 5.74) is 0.814. The van der Waals surface area contributed by atoms with Gasteiger partial charge in [0, 0.05) is 11.4 Å². The van der Waals surface area contributed by atoms with Crippen LogP contribution in [0.25, 0.3) is 5.69 Å². The van der Waals surface area contributed by atoms with E-state index in [1.165, 1.54) is 4.68 Å². The average molecular weight is 330 g/mol. The zero-order chi connectivity index (χ0) is 16.4. The van der Waals surface area contributed by atoms with E-state index in [0.717, 1.165) is 5.56 Å². The number of phenols is 1. The first-order valence-corrected chi connectivity index (χ1v) is 7.51. The fourth-order valence-corrected chi connectivity index (χ4v) is 2.54. The van der Waals surface area contributed by atoms with Gasteiger partial charge >= 0.3 is 0 Å². The molecule has 0 spiro atoms. The molecule has 1 unspecified atom stereocenters. The molecule has 3 rings (SSSR count). The monoisotopic (exact) mass is 329 g/mol. The van der Waals surface area contributed by atoms with Gasteiger partial charge in [0.05, 0.1) is 17.5 Å². The van der Waals surface area contributed by atoms with Crippen molar-refractivity contribution < 1.29 is 10.2 Å². The van der Waals surface area contributed by atoms with Crippen molar-refractivity contribution in [3.8, 4) is 11.4 Å². The number of aromatic nitrogens is 3. The van der Waals surface area contributed by atoms with Crippen LogP contribution in [-0.2, 0) is 12.0 Å². The third-order valence-electron chi connectivity index (χ3n) is 3.66. The third-order valence-corrected chi connectivity index (χ3v) is 3.91. The van der Waals surface area contributed by atoms with Crippen molar-refractivity contribution in [2.75, 3.05) is 0 Å². The summed E-state index contributed by atoms with van der Waals surface area (Å²) in [4.78, 5) is 0. The Hall–Kier alpha value is -2.37. The molecule has 1 heterocycles. The summed E-state index contributed by atoms with van der Waals surface area (Å²) in [6.07, 6.45) is 1.99. The lowest BCUT2D eigenvalue weighted by atomic mass is 9.91. The van der Waals surface area contributed by atoms with E-state index in [1.54, 1.807) is 61.7 Å². The quantitative estimate of drug-likeness (QED) is 0.771. The van der Waals surface area contributed by atoms with Crippen molar-refractivity contribution in [2.24, 2.45) is 0 Å². The van der Waals surface area contributed by atoms with Crippen molar-refractivity contribution >= 4 is 11.6 Å². The molecule has 0 aliphatic carbocycles. The lowest BCUT2D eigenvalue weighted by Gasteiger charge is -2.22. The first-order chi connectivity index (χ1) is 11.0. The summed E-state index contributed by atoms with van der Waals surface area (Å²) in [6.45, 7) is 1.72. The largest absolute Gasteiger partial charge is 0.506 e. The molecule has 23 heavy (non-hydrogen) atoms. The number of nitrogens with zero attached hydrogens (tertiary/aromatic N) is 3. The van der Waals surface area contributed by atoms with Gasteiger partial charge in [-0.25, -0.2) is 4.68 Å². The second-order valence-corrected chi connectivity index (χ2v) is 6.04. The average Bonchev–Trinajstić information content (AvgIpc) is 2.95. The predicted molar refractivity (Wildman–Crippen MR) is 87.8 cm³/mol. The Morgan fingerprint density at radius 2 is 1.83 bits per heavy atom. The van der Waals surface area contributed by atoms with Crippen LogP contribution in [0, 0.1) is 0 Å². The zero-order valence-corrected chi connectivity index (χ0v) is 13.3. The van der Waals surface area contributed by atoms with Crippen molar-refractivity contribution in [3.05, 3.63) is 71.0 Å². The lowest BCUT2D eigenvalue weighted by Crippen LogP contribution is -2.24. The Morgan fingerprint density at radius 3 is 2.52 bits per heavy atom. The van der Waals surface area contributed by atoms with Gasteiger partial charge in [0.25, 0.3) is 0 Å². The maximum atomic E-state index is 10.7. The standard InChI is InChI=1S/C17H16ClN3O2/c1-17(23,12-6-8-13(18)9-7-12)10-14-11-21(20-19-14)15-4-2-3-5-16(15)22/h2-9,11,22-23H,10H2,1H3. The molecule has 0 fully saturated rings. The van der Waals surface area contributed by atoms with Crippen LogP contribution in [-0.4, -0.2) is 25.2 Å². The fourth-order valence-electron chi connectivity index (χ4n) is 2.42. The summed E-state index contributed by atoms with van der Waals surface area (Å²) in [7, 11) is 0. The minimum atomic E-state index is -1.09. The number of hydrogen-bond acceptors (Lipinski definition) is 4. The highest BCUT2D eigenvalue weighted by Gasteiger charge is 2.25. The van der Waals surface area contributed by atoms with Crippen LogP contribution >= 0.6 is 11.6 Å². The Labute approximate surface area is 138 Å². The second kappa shape index (κ2) is 6.02. The first-order valence-electron chi connectivity index (χ1n) is 7.14. The molecule has 1 atom stereocenters. The molecule has 1 aromatic heterocycles. The molecule has 2 aromatic carbocycles. The summed E-state index contributed by atoms with van der Waals surface area (Å²) in [6, 6.07) is 13.9. The van der Waals surface area contributed by atoms with E-state index in [9.17, 15) is 10.2 Å². The molecule has 118 valence electrons. The van der Waals surface area contributed by atoms with E-state index in [0.29, 0.717) is 22.8 Å². The van der Waals surface area contributed by atoms with Gasteiger partial charge in [-0.2, -0.15) is 0 Å². The van der Waals surface area contributed by atoms with E-state index in [4.69, 9.17) is 11.6 Å². The van der Waals surface area contributed by atoms with Gasteiger partial charge < -0.3 is 10.2 Å². The van der Waals surface area contributed by atoms with E-state index in [-0.39, 0.29) is 5.75 Å². The van der Waals surface area contributed by atoms with E-state index in [2.05, 4.69) is 10.3 Å². The minimum Gasteiger partial charge on any atom is -0.506 e. The second-order valence-electron chi connectivity index (χ2n) is 5.60. The van der Waals surface area contributed by atoms with E-state index >= 15 is 0 Å². The summed E-state index contributed by atoms with van der Waals surface area (Å²) < 4.78 is 1.49. The van der Waals surface area contributed by atoms with Crippen LogP contribution in [0.15, 0.2) is 54.7 Å². The van der Waals surface area contributed by atoms with Gasteiger partial charge in [-0.15, -0.1) is 5.10 Å². The van der Waals surface area contributed by atoms with Crippen LogP contribution in [0.5, 0.6) is 5.75 Å². The molecule has 0 saturated carbocycles. The number of halogens is 1. The van der Waals surface area contributed by atoms with Crippen LogP contribution in [0.4, 0.5) is 0 Å². The third kappa shape index (κ3) is 3.36. The van der Waals surface area contributed by atoms with Crippen LogP contribution in [0.1, 0.15) is 18.2 Å². The lowest BCUT2D eigenvalue weighted by molar-refractivity contribution is 0.0566. The Bertz CT molecular complexity index is 813. The Kier molecular flexibility index (Phi) is 4.07. The minimum absolute atomic E-state index is 0.119. The highest BCUT2D eigenvalue weighted by atomic mass is 35.5. The summed E-state index contributed by atoms with van der Waals surface area (Å²) in [5, 5.41) is 29.3. The molecular formula is C17H16ClN3O2. The number of benzene rings is 2. The first kappa shape index (κ1) is 15.5. The van der Waals surface area contributed by atoms with Gasteiger partial charge in [-0.05, 0) is 36.8 Å². The van der Waals surface area contributed by atoms with E-state index in [1.807, 2.05) is 0 Å². The van der Waals surface area contributed by atoms with Crippen molar-refractivity contribution in [2.45, 2.75) is 18.9 Å². The number of phenolic OH excluding ortho intramolecular Hbond substituents is 1. The maximum Gasteiger partial charge on any atom is 0.141 e. The van der Waals surface area contributed by atoms with Crippen molar-refractivity contribution in [1.29, 1.82) is 0 Å². The highest BCUT2D eigenvalue weighted by Crippen LogP contribution is 2.26. The van der Waals surface area contributed by atoms with Gasteiger partial charge in [0.15, 0.2) is 0 Å². The topological polar surface area (TPSA) is 71.2 Å². The maximum absolute atomic E-state index is 10.7. The summed E-state index contributed by atoms with van der Waals surface area (Å²) in [5.74, 6) is 0.119. The normalized spacial score (nSPS) is 13.7.